The SMILES string of the molecule is Cn1cc(-c2ccc(C#N)cc2)c(=O)n(C)c1=O. The van der Waals surface area contributed by atoms with E-state index in [1.165, 1.54) is 17.8 Å². The van der Waals surface area contributed by atoms with Gasteiger partial charge in [-0.25, -0.2) is 4.79 Å². The van der Waals surface area contributed by atoms with Crippen molar-refractivity contribution in [1.82, 2.24) is 9.13 Å². The summed E-state index contributed by atoms with van der Waals surface area (Å²) in [7, 11) is 3.03. The maximum absolute atomic E-state index is 12.0. The highest BCUT2D eigenvalue weighted by Crippen LogP contribution is 2.14. The standard InChI is InChI=1S/C13H11N3O2/c1-15-8-11(12(17)16(2)13(15)18)10-5-3-9(7-14)4-6-10/h3-6,8H,1-2H3. The van der Waals surface area contributed by atoms with Gasteiger partial charge in [-0.2, -0.15) is 5.26 Å². The molecule has 90 valence electrons. The summed E-state index contributed by atoms with van der Waals surface area (Å²) in [5.41, 5.74) is 0.940. The van der Waals surface area contributed by atoms with E-state index >= 15 is 0 Å². The topological polar surface area (TPSA) is 67.8 Å². The number of nitriles is 1. The Hall–Kier alpha value is -2.61. The van der Waals surface area contributed by atoms with Crippen LogP contribution in [0.3, 0.4) is 0 Å². The molecule has 2 rings (SSSR count). The number of nitrogens with zero attached hydrogens (tertiary/aromatic N) is 3. The molecule has 1 aromatic heterocycles. The molecule has 0 atom stereocenters. The average Bonchev–Trinajstić information content (AvgIpc) is 2.41. The summed E-state index contributed by atoms with van der Waals surface area (Å²) >= 11 is 0. The van der Waals surface area contributed by atoms with Crippen LogP contribution in [0.5, 0.6) is 0 Å². The van der Waals surface area contributed by atoms with Gasteiger partial charge in [0.05, 0.1) is 17.2 Å². The number of aromatic nitrogens is 2. The average molecular weight is 241 g/mol. The molecule has 0 radical (unpaired) electrons. The Bertz CT molecular complexity index is 746. The van der Waals surface area contributed by atoms with Crippen molar-refractivity contribution < 1.29 is 0 Å². The van der Waals surface area contributed by atoms with E-state index in [9.17, 15) is 9.59 Å². The highest BCUT2D eigenvalue weighted by Gasteiger charge is 2.08. The first-order valence-corrected chi connectivity index (χ1v) is 5.32. The maximum atomic E-state index is 12.0. The number of rotatable bonds is 1. The monoisotopic (exact) mass is 241 g/mol. The summed E-state index contributed by atoms with van der Waals surface area (Å²) in [6.07, 6.45) is 1.51. The summed E-state index contributed by atoms with van der Waals surface area (Å²) < 4.78 is 2.42. The lowest BCUT2D eigenvalue weighted by molar-refractivity contribution is 0.688. The second-order valence-corrected chi connectivity index (χ2v) is 3.99. The van der Waals surface area contributed by atoms with Gasteiger partial charge in [0.15, 0.2) is 0 Å². The molecule has 0 amide bonds. The molecule has 0 N–H and O–H groups in total. The molecule has 1 heterocycles. The van der Waals surface area contributed by atoms with Crippen LogP contribution in [0, 0.1) is 11.3 Å². The molecule has 18 heavy (non-hydrogen) atoms. The van der Waals surface area contributed by atoms with E-state index in [1.807, 2.05) is 6.07 Å². The van der Waals surface area contributed by atoms with Crippen LogP contribution in [-0.4, -0.2) is 9.13 Å². The fraction of sp³-hybridized carbons (Fsp3) is 0.154. The first kappa shape index (κ1) is 11.9. The summed E-state index contributed by atoms with van der Waals surface area (Å²) in [5, 5.41) is 8.72. The first-order chi connectivity index (χ1) is 8.54. The molecule has 0 saturated heterocycles. The number of aryl methyl sites for hydroxylation is 1. The van der Waals surface area contributed by atoms with Crippen molar-refractivity contribution in [3.8, 4) is 17.2 Å². The van der Waals surface area contributed by atoms with Gasteiger partial charge < -0.3 is 4.57 Å². The van der Waals surface area contributed by atoms with Crippen molar-refractivity contribution in [2.24, 2.45) is 14.1 Å². The molecule has 0 unspecified atom stereocenters. The minimum Gasteiger partial charge on any atom is -0.303 e. The molecule has 0 aliphatic heterocycles. The summed E-state index contributed by atoms with van der Waals surface area (Å²) in [6, 6.07) is 8.68. The molecule has 0 aliphatic rings. The summed E-state index contributed by atoms with van der Waals surface area (Å²) in [6.45, 7) is 0. The van der Waals surface area contributed by atoms with Crippen molar-refractivity contribution in [1.29, 1.82) is 5.26 Å². The fourth-order valence-electron chi connectivity index (χ4n) is 1.73. The van der Waals surface area contributed by atoms with E-state index in [0.29, 0.717) is 16.7 Å². The molecule has 5 nitrogen and oxygen atoms in total. The van der Waals surface area contributed by atoms with Crippen LogP contribution in [0.1, 0.15) is 5.56 Å². The largest absolute Gasteiger partial charge is 0.330 e. The smallest absolute Gasteiger partial charge is 0.303 e. The lowest BCUT2D eigenvalue weighted by Gasteiger charge is -2.06. The highest BCUT2D eigenvalue weighted by atomic mass is 16.2. The van der Waals surface area contributed by atoms with E-state index in [2.05, 4.69) is 0 Å². The Balaban J connectivity index is 2.69. The normalized spacial score (nSPS) is 10.1. The zero-order valence-corrected chi connectivity index (χ0v) is 10.0. The lowest BCUT2D eigenvalue weighted by atomic mass is 10.1. The Morgan fingerprint density at radius 2 is 1.72 bits per heavy atom. The van der Waals surface area contributed by atoms with E-state index in [4.69, 9.17) is 5.26 Å². The fourth-order valence-corrected chi connectivity index (χ4v) is 1.73. The quantitative estimate of drug-likeness (QED) is 0.735. The van der Waals surface area contributed by atoms with Crippen molar-refractivity contribution in [3.63, 3.8) is 0 Å². The van der Waals surface area contributed by atoms with Crippen LogP contribution in [-0.2, 0) is 14.1 Å². The van der Waals surface area contributed by atoms with Gasteiger partial charge in [0, 0.05) is 20.3 Å². The van der Waals surface area contributed by atoms with Gasteiger partial charge >= 0.3 is 5.69 Å². The van der Waals surface area contributed by atoms with Gasteiger partial charge in [-0.1, -0.05) is 12.1 Å². The van der Waals surface area contributed by atoms with Crippen LogP contribution < -0.4 is 11.2 Å². The van der Waals surface area contributed by atoms with Gasteiger partial charge in [0.25, 0.3) is 5.56 Å². The molecular weight excluding hydrogens is 230 g/mol. The van der Waals surface area contributed by atoms with E-state index in [1.54, 1.807) is 31.3 Å². The van der Waals surface area contributed by atoms with E-state index in [0.717, 1.165) is 4.57 Å². The van der Waals surface area contributed by atoms with E-state index in [-0.39, 0.29) is 11.2 Å². The Kier molecular flexibility index (Phi) is 2.86. The molecule has 0 spiro atoms. The van der Waals surface area contributed by atoms with Crippen LogP contribution in [0.15, 0.2) is 40.1 Å². The van der Waals surface area contributed by atoms with Crippen LogP contribution in [0.2, 0.25) is 0 Å². The van der Waals surface area contributed by atoms with Crippen molar-refractivity contribution in [3.05, 3.63) is 56.9 Å². The molecule has 2 aromatic rings. The van der Waals surface area contributed by atoms with Gasteiger partial charge in [-0.05, 0) is 17.7 Å². The minimum absolute atomic E-state index is 0.345. The Labute approximate surface area is 103 Å². The molecular formula is C13H11N3O2. The van der Waals surface area contributed by atoms with Crippen molar-refractivity contribution in [2.45, 2.75) is 0 Å². The Morgan fingerprint density at radius 1 is 1.11 bits per heavy atom. The first-order valence-electron chi connectivity index (χ1n) is 5.32. The zero-order valence-electron chi connectivity index (χ0n) is 10.0. The molecule has 0 aliphatic carbocycles. The molecule has 0 bridgehead atoms. The van der Waals surface area contributed by atoms with E-state index < -0.39 is 0 Å². The maximum Gasteiger partial charge on any atom is 0.330 e. The van der Waals surface area contributed by atoms with Crippen LogP contribution in [0.25, 0.3) is 11.1 Å². The summed E-state index contributed by atoms with van der Waals surface area (Å²) in [5.74, 6) is 0. The third kappa shape index (κ3) is 1.84. The van der Waals surface area contributed by atoms with Gasteiger partial charge in [-0.3, -0.25) is 9.36 Å². The van der Waals surface area contributed by atoms with Crippen LogP contribution >= 0.6 is 0 Å². The third-order valence-corrected chi connectivity index (χ3v) is 2.77. The number of hydrogen-bond donors (Lipinski definition) is 0. The number of benzene rings is 1. The third-order valence-electron chi connectivity index (χ3n) is 2.77. The predicted octanol–water partition coefficient (Wildman–Crippen LogP) is 0.623. The van der Waals surface area contributed by atoms with Gasteiger partial charge in [0.2, 0.25) is 0 Å². The number of hydrogen-bond acceptors (Lipinski definition) is 3. The van der Waals surface area contributed by atoms with Crippen LogP contribution in [0.4, 0.5) is 0 Å². The molecule has 5 heteroatoms. The second-order valence-electron chi connectivity index (χ2n) is 3.99. The lowest BCUT2D eigenvalue weighted by Crippen LogP contribution is -2.37. The summed E-state index contributed by atoms with van der Waals surface area (Å²) in [4.78, 5) is 23.5. The predicted molar refractivity (Wildman–Crippen MR) is 67.1 cm³/mol. The molecule has 1 aromatic carbocycles. The highest BCUT2D eigenvalue weighted by molar-refractivity contribution is 5.62. The van der Waals surface area contributed by atoms with Crippen molar-refractivity contribution in [2.75, 3.05) is 0 Å². The van der Waals surface area contributed by atoms with Gasteiger partial charge in [-0.15, -0.1) is 0 Å². The van der Waals surface area contributed by atoms with Gasteiger partial charge in [0.1, 0.15) is 0 Å². The second kappa shape index (κ2) is 4.34. The minimum atomic E-state index is -0.364. The van der Waals surface area contributed by atoms with Crippen molar-refractivity contribution >= 4 is 0 Å². The Morgan fingerprint density at radius 3 is 2.28 bits per heavy atom. The molecule has 0 saturated carbocycles. The zero-order chi connectivity index (χ0) is 13.3. The molecule has 0 fully saturated rings.